The molecule has 23 heavy (non-hydrogen) atoms. The van der Waals surface area contributed by atoms with E-state index in [0.717, 1.165) is 45.6 Å². The predicted molar refractivity (Wildman–Crippen MR) is 83.2 cm³/mol. The molecule has 0 radical (unpaired) electrons. The number of carbonyl (C=O) groups is 1. The van der Waals surface area contributed by atoms with Gasteiger partial charge >= 0.3 is 0 Å². The lowest BCUT2D eigenvalue weighted by Crippen LogP contribution is -2.48. The molecule has 3 aliphatic rings. The van der Waals surface area contributed by atoms with Gasteiger partial charge in [0, 0.05) is 45.1 Å². The van der Waals surface area contributed by atoms with Gasteiger partial charge in [0.15, 0.2) is 0 Å². The minimum absolute atomic E-state index is 0.0357. The highest BCUT2D eigenvalue weighted by Gasteiger charge is 2.47. The molecule has 126 valence electrons. The van der Waals surface area contributed by atoms with Crippen molar-refractivity contribution in [2.75, 3.05) is 26.4 Å². The fraction of sp³-hybridized carbons (Fsp3) is 0.750. The highest BCUT2D eigenvalue weighted by atomic mass is 16.5. The number of amides is 1. The van der Waals surface area contributed by atoms with E-state index in [-0.39, 0.29) is 18.1 Å². The number of nitrogens with zero attached hydrogens (tertiary/aromatic N) is 3. The van der Waals surface area contributed by atoms with Crippen molar-refractivity contribution in [3.8, 4) is 0 Å². The Kier molecular flexibility index (Phi) is 4.09. The molecule has 0 bridgehead atoms. The first kappa shape index (κ1) is 15.1. The Balaban J connectivity index is 1.48. The summed E-state index contributed by atoms with van der Waals surface area (Å²) in [5.74, 6) is -0.0689. The summed E-state index contributed by atoms with van der Waals surface area (Å²) in [4.78, 5) is 15.0. The molecule has 3 aliphatic heterocycles. The summed E-state index contributed by atoms with van der Waals surface area (Å²) < 4.78 is 13.2. The van der Waals surface area contributed by atoms with E-state index in [0.29, 0.717) is 17.6 Å². The Labute approximate surface area is 135 Å². The van der Waals surface area contributed by atoms with Crippen LogP contribution in [0.5, 0.6) is 0 Å². The van der Waals surface area contributed by atoms with E-state index in [4.69, 9.17) is 9.47 Å². The number of aryl methyl sites for hydroxylation is 1. The third kappa shape index (κ3) is 2.88. The number of fused-ring (bicyclic) bond motifs is 1. The lowest BCUT2D eigenvalue weighted by atomic mass is 10.00. The van der Waals surface area contributed by atoms with Crippen LogP contribution < -0.4 is 5.32 Å². The molecule has 4 atom stereocenters. The van der Waals surface area contributed by atoms with Gasteiger partial charge in [-0.2, -0.15) is 5.10 Å². The number of likely N-dealkylation sites (tertiary alicyclic amines) is 1. The van der Waals surface area contributed by atoms with Crippen LogP contribution in [0.3, 0.4) is 0 Å². The molecule has 0 aliphatic carbocycles. The molecule has 0 saturated carbocycles. The lowest BCUT2D eigenvalue weighted by molar-refractivity contribution is -0.0270. The van der Waals surface area contributed by atoms with Gasteiger partial charge in [-0.3, -0.25) is 14.4 Å². The average Bonchev–Trinajstić information content (AvgIpc) is 3.27. The molecule has 1 unspecified atom stereocenters. The van der Waals surface area contributed by atoms with Gasteiger partial charge in [-0.25, -0.2) is 0 Å². The minimum atomic E-state index is -0.0689. The Morgan fingerprint density at radius 2 is 2.30 bits per heavy atom. The summed E-state index contributed by atoms with van der Waals surface area (Å²) in [6, 6.07) is 0.896. The molecule has 4 rings (SSSR count). The van der Waals surface area contributed by atoms with Crippen molar-refractivity contribution in [3.63, 3.8) is 0 Å². The fourth-order valence-electron chi connectivity index (χ4n) is 4.11. The molecule has 1 amide bonds. The third-order valence-electron chi connectivity index (χ3n) is 5.22. The Morgan fingerprint density at radius 1 is 1.39 bits per heavy atom. The van der Waals surface area contributed by atoms with Gasteiger partial charge in [-0.1, -0.05) is 0 Å². The summed E-state index contributed by atoms with van der Waals surface area (Å²) in [5, 5.41) is 7.23. The molecule has 1 aromatic rings. The Bertz CT molecular complexity index is 569. The van der Waals surface area contributed by atoms with Crippen LogP contribution in [0.2, 0.25) is 0 Å². The summed E-state index contributed by atoms with van der Waals surface area (Å²) in [5.41, 5.74) is 0.600. The number of nitrogens with one attached hydrogen (secondary N) is 1. The minimum Gasteiger partial charge on any atom is -0.380 e. The second-order valence-electron chi connectivity index (χ2n) is 6.74. The summed E-state index contributed by atoms with van der Waals surface area (Å²) in [7, 11) is 1.81. The first-order valence-electron chi connectivity index (χ1n) is 8.47. The molecule has 4 heterocycles. The van der Waals surface area contributed by atoms with Crippen LogP contribution in [-0.2, 0) is 16.5 Å². The number of rotatable bonds is 3. The van der Waals surface area contributed by atoms with Gasteiger partial charge in [-0.05, 0) is 19.3 Å². The first-order valence-corrected chi connectivity index (χ1v) is 8.47. The van der Waals surface area contributed by atoms with Crippen molar-refractivity contribution in [1.82, 2.24) is 20.0 Å². The third-order valence-corrected chi connectivity index (χ3v) is 5.22. The molecular formula is C16H24N4O3. The van der Waals surface area contributed by atoms with Gasteiger partial charge in [0.05, 0.1) is 30.5 Å². The van der Waals surface area contributed by atoms with E-state index < -0.39 is 0 Å². The number of ether oxygens (including phenoxy) is 2. The Hall–Kier alpha value is -1.44. The van der Waals surface area contributed by atoms with E-state index in [9.17, 15) is 4.79 Å². The topological polar surface area (TPSA) is 68.6 Å². The van der Waals surface area contributed by atoms with Crippen LogP contribution in [0.4, 0.5) is 0 Å². The van der Waals surface area contributed by atoms with E-state index in [2.05, 4.69) is 15.3 Å². The molecule has 0 spiro atoms. The molecule has 7 heteroatoms. The SMILES string of the molecule is Cn1cc(C(=O)N[C@H]2CN(C3CCOC3)[C@@H]3CCCO[C@H]23)cn1. The number of carbonyl (C=O) groups excluding carboxylic acids is 1. The second kappa shape index (κ2) is 6.22. The number of hydrogen-bond donors (Lipinski definition) is 1. The Morgan fingerprint density at radius 3 is 3.04 bits per heavy atom. The van der Waals surface area contributed by atoms with Gasteiger partial charge in [0.2, 0.25) is 0 Å². The van der Waals surface area contributed by atoms with Crippen molar-refractivity contribution in [2.45, 2.75) is 43.5 Å². The number of hydrogen-bond acceptors (Lipinski definition) is 5. The highest BCUT2D eigenvalue weighted by Crippen LogP contribution is 2.32. The zero-order chi connectivity index (χ0) is 15.8. The maximum absolute atomic E-state index is 12.5. The molecule has 1 aromatic heterocycles. The van der Waals surface area contributed by atoms with Crippen LogP contribution in [0.15, 0.2) is 12.4 Å². The molecule has 3 fully saturated rings. The monoisotopic (exact) mass is 320 g/mol. The normalized spacial score (nSPS) is 34.5. The van der Waals surface area contributed by atoms with Crippen molar-refractivity contribution in [2.24, 2.45) is 7.05 Å². The van der Waals surface area contributed by atoms with Crippen molar-refractivity contribution < 1.29 is 14.3 Å². The van der Waals surface area contributed by atoms with Crippen molar-refractivity contribution >= 4 is 5.91 Å². The zero-order valence-electron chi connectivity index (χ0n) is 13.5. The van der Waals surface area contributed by atoms with Crippen molar-refractivity contribution in [1.29, 1.82) is 0 Å². The van der Waals surface area contributed by atoms with E-state index >= 15 is 0 Å². The van der Waals surface area contributed by atoms with Crippen LogP contribution in [0.25, 0.3) is 0 Å². The maximum Gasteiger partial charge on any atom is 0.254 e. The average molecular weight is 320 g/mol. The van der Waals surface area contributed by atoms with Crippen molar-refractivity contribution in [3.05, 3.63) is 18.0 Å². The second-order valence-corrected chi connectivity index (χ2v) is 6.74. The van der Waals surface area contributed by atoms with Crippen LogP contribution >= 0.6 is 0 Å². The smallest absolute Gasteiger partial charge is 0.254 e. The molecule has 3 saturated heterocycles. The number of aromatic nitrogens is 2. The first-order chi connectivity index (χ1) is 11.2. The largest absolute Gasteiger partial charge is 0.380 e. The van der Waals surface area contributed by atoms with E-state index in [1.165, 1.54) is 0 Å². The molecular weight excluding hydrogens is 296 g/mol. The van der Waals surface area contributed by atoms with Gasteiger partial charge in [0.1, 0.15) is 0 Å². The zero-order valence-corrected chi connectivity index (χ0v) is 13.5. The summed E-state index contributed by atoms with van der Waals surface area (Å²) in [6.07, 6.45) is 6.74. The predicted octanol–water partition coefficient (Wildman–Crippen LogP) is 0.171. The van der Waals surface area contributed by atoms with E-state index in [1.807, 2.05) is 7.05 Å². The molecule has 1 N–H and O–H groups in total. The van der Waals surface area contributed by atoms with Gasteiger partial charge < -0.3 is 14.8 Å². The maximum atomic E-state index is 12.5. The quantitative estimate of drug-likeness (QED) is 0.860. The van der Waals surface area contributed by atoms with Gasteiger partial charge in [0.25, 0.3) is 5.91 Å². The standard InChI is InChI=1S/C16H24N4O3/c1-19-8-11(7-17-19)16(21)18-13-9-20(12-4-6-22-10-12)14-3-2-5-23-15(13)14/h7-8,12-15H,2-6,9-10H2,1H3,(H,18,21)/t12?,13-,14+,15+/m0/s1. The summed E-state index contributed by atoms with van der Waals surface area (Å²) >= 11 is 0. The van der Waals surface area contributed by atoms with Crippen LogP contribution in [0.1, 0.15) is 29.6 Å². The van der Waals surface area contributed by atoms with E-state index in [1.54, 1.807) is 17.1 Å². The highest BCUT2D eigenvalue weighted by molar-refractivity contribution is 5.93. The summed E-state index contributed by atoms with van der Waals surface area (Å²) in [6.45, 7) is 3.27. The van der Waals surface area contributed by atoms with Crippen LogP contribution in [-0.4, -0.2) is 71.2 Å². The molecule has 0 aromatic carbocycles. The molecule has 7 nitrogen and oxygen atoms in total. The van der Waals surface area contributed by atoms with Crippen LogP contribution in [0, 0.1) is 0 Å². The van der Waals surface area contributed by atoms with Gasteiger partial charge in [-0.15, -0.1) is 0 Å². The lowest BCUT2D eigenvalue weighted by Gasteiger charge is -2.34. The fourth-order valence-corrected chi connectivity index (χ4v) is 4.11.